The van der Waals surface area contributed by atoms with Gasteiger partial charge in [0.05, 0.1) is 0 Å². The molecule has 1 unspecified atom stereocenters. The highest BCUT2D eigenvalue weighted by atomic mass is 32.2. The van der Waals surface area contributed by atoms with Crippen molar-refractivity contribution in [1.29, 1.82) is 0 Å². The number of alkyl halides is 2. The monoisotopic (exact) mass is 261 g/mol. The lowest BCUT2D eigenvalue weighted by Crippen LogP contribution is -2.17. The van der Waals surface area contributed by atoms with Crippen molar-refractivity contribution < 1.29 is 13.5 Å². The Kier molecular flexibility index (Phi) is 6.29. The molecule has 0 fully saturated rings. The zero-order valence-corrected chi connectivity index (χ0v) is 10.8. The minimum absolute atomic E-state index is 0.189. The number of hydrogen-bond acceptors (Lipinski definition) is 3. The highest BCUT2D eigenvalue weighted by molar-refractivity contribution is 7.99. The van der Waals surface area contributed by atoms with Crippen LogP contribution in [0.15, 0.2) is 29.2 Å². The van der Waals surface area contributed by atoms with E-state index in [1.54, 1.807) is 19.2 Å². The number of halogens is 2. The van der Waals surface area contributed by atoms with Gasteiger partial charge in [0.1, 0.15) is 0 Å². The van der Waals surface area contributed by atoms with E-state index in [-0.39, 0.29) is 6.04 Å². The van der Waals surface area contributed by atoms with Gasteiger partial charge in [-0.2, -0.15) is 8.78 Å². The first-order valence-corrected chi connectivity index (χ1v) is 6.30. The molecule has 0 bridgehead atoms. The van der Waals surface area contributed by atoms with Gasteiger partial charge in [-0.25, -0.2) is 0 Å². The van der Waals surface area contributed by atoms with Crippen molar-refractivity contribution in [3.63, 3.8) is 0 Å². The van der Waals surface area contributed by atoms with Crippen molar-refractivity contribution in [2.75, 3.05) is 19.0 Å². The van der Waals surface area contributed by atoms with Gasteiger partial charge >= 0.3 is 0 Å². The fraction of sp³-hybridized carbons (Fsp3) is 0.500. The Balaban J connectivity index is 2.62. The van der Waals surface area contributed by atoms with Gasteiger partial charge in [-0.1, -0.05) is 23.9 Å². The zero-order chi connectivity index (χ0) is 12.7. The van der Waals surface area contributed by atoms with Gasteiger partial charge in [0.15, 0.2) is 0 Å². The third-order valence-electron chi connectivity index (χ3n) is 2.26. The number of hydrogen-bond donors (Lipinski definition) is 1. The largest absolute Gasteiger partial charge is 0.385 e. The molecule has 0 aliphatic rings. The first kappa shape index (κ1) is 14.3. The van der Waals surface area contributed by atoms with Crippen LogP contribution >= 0.6 is 11.8 Å². The number of ether oxygens (including phenoxy) is 1. The summed E-state index contributed by atoms with van der Waals surface area (Å²) in [5.41, 5.74) is 0.751. The standard InChI is InChI=1S/C12H17F2NOS/c1-9(7-8-16-2)15-10-5-3-4-6-11(10)17-12(13)14/h3-6,9,12,15H,7-8H2,1-2H3. The Bertz CT molecular complexity index is 336. The van der Waals surface area contributed by atoms with Gasteiger partial charge in [-0.15, -0.1) is 0 Å². The number of para-hydroxylation sites is 1. The van der Waals surface area contributed by atoms with Crippen molar-refractivity contribution in [2.45, 2.75) is 30.0 Å². The van der Waals surface area contributed by atoms with E-state index >= 15 is 0 Å². The van der Waals surface area contributed by atoms with Gasteiger partial charge in [0.2, 0.25) is 0 Å². The average Bonchev–Trinajstić information content (AvgIpc) is 2.28. The van der Waals surface area contributed by atoms with Crippen LogP contribution in [0.5, 0.6) is 0 Å². The third-order valence-corrected chi connectivity index (χ3v) is 3.05. The molecule has 5 heteroatoms. The third kappa shape index (κ3) is 5.37. The van der Waals surface area contributed by atoms with Crippen LogP contribution in [-0.2, 0) is 4.74 Å². The molecule has 0 amide bonds. The lowest BCUT2D eigenvalue weighted by atomic mass is 10.2. The van der Waals surface area contributed by atoms with Crippen LogP contribution in [0.1, 0.15) is 13.3 Å². The molecule has 0 spiro atoms. The Morgan fingerprint density at radius 3 is 2.71 bits per heavy atom. The molecule has 0 saturated heterocycles. The van der Waals surface area contributed by atoms with Gasteiger partial charge in [0, 0.05) is 30.3 Å². The highest BCUT2D eigenvalue weighted by Crippen LogP contribution is 2.32. The Morgan fingerprint density at radius 2 is 2.06 bits per heavy atom. The summed E-state index contributed by atoms with van der Waals surface area (Å²) in [7, 11) is 1.65. The first-order valence-electron chi connectivity index (χ1n) is 5.42. The summed E-state index contributed by atoms with van der Waals surface area (Å²) < 4.78 is 29.7. The van der Waals surface area contributed by atoms with Crippen molar-refractivity contribution in [3.8, 4) is 0 Å². The van der Waals surface area contributed by atoms with Crippen LogP contribution < -0.4 is 5.32 Å². The number of anilines is 1. The fourth-order valence-corrected chi connectivity index (χ4v) is 2.02. The number of thioether (sulfide) groups is 1. The molecule has 0 aromatic heterocycles. The van der Waals surface area contributed by atoms with Crippen LogP contribution in [0.2, 0.25) is 0 Å². The maximum absolute atomic E-state index is 12.4. The van der Waals surface area contributed by atoms with Crippen molar-refractivity contribution in [3.05, 3.63) is 24.3 Å². The summed E-state index contributed by atoms with van der Waals surface area (Å²) in [6, 6.07) is 7.29. The predicted molar refractivity (Wildman–Crippen MR) is 67.9 cm³/mol. The number of methoxy groups -OCH3 is 1. The molecule has 96 valence electrons. The molecule has 1 aromatic carbocycles. The summed E-state index contributed by atoms with van der Waals surface area (Å²) in [5.74, 6) is -2.40. The summed E-state index contributed by atoms with van der Waals surface area (Å²) in [6.45, 7) is 2.65. The quantitative estimate of drug-likeness (QED) is 0.753. The SMILES string of the molecule is COCCC(C)Nc1ccccc1SC(F)F. The molecule has 1 atom stereocenters. The van der Waals surface area contributed by atoms with Crippen LogP contribution in [0.4, 0.5) is 14.5 Å². The molecule has 0 heterocycles. The van der Waals surface area contributed by atoms with Crippen molar-refractivity contribution >= 4 is 17.4 Å². The maximum atomic E-state index is 12.4. The lowest BCUT2D eigenvalue weighted by molar-refractivity contribution is 0.191. The first-order chi connectivity index (χ1) is 8.13. The average molecular weight is 261 g/mol. The van der Waals surface area contributed by atoms with Gasteiger partial charge in [-0.3, -0.25) is 0 Å². The summed E-state index contributed by atoms with van der Waals surface area (Å²) in [6.07, 6.45) is 0.837. The minimum atomic E-state index is -2.40. The number of nitrogens with one attached hydrogen (secondary N) is 1. The van der Waals surface area contributed by atoms with E-state index in [0.717, 1.165) is 12.1 Å². The molecule has 0 aliphatic heterocycles. The smallest absolute Gasteiger partial charge is 0.288 e. The van der Waals surface area contributed by atoms with Crippen LogP contribution in [0.3, 0.4) is 0 Å². The van der Waals surface area contributed by atoms with Gasteiger partial charge < -0.3 is 10.1 Å². The topological polar surface area (TPSA) is 21.3 Å². The highest BCUT2D eigenvalue weighted by Gasteiger charge is 2.11. The van der Waals surface area contributed by atoms with E-state index in [4.69, 9.17) is 4.74 Å². The minimum Gasteiger partial charge on any atom is -0.385 e. The molecule has 0 saturated carbocycles. The normalized spacial score (nSPS) is 12.8. The van der Waals surface area contributed by atoms with E-state index < -0.39 is 5.76 Å². The maximum Gasteiger partial charge on any atom is 0.288 e. The molecule has 0 aliphatic carbocycles. The van der Waals surface area contributed by atoms with Crippen LogP contribution in [0, 0.1) is 0 Å². The van der Waals surface area contributed by atoms with E-state index in [0.29, 0.717) is 23.3 Å². The zero-order valence-electron chi connectivity index (χ0n) is 9.95. The summed E-state index contributed by atoms with van der Waals surface area (Å²) >= 11 is 0.564. The molecule has 2 nitrogen and oxygen atoms in total. The Morgan fingerprint density at radius 1 is 1.35 bits per heavy atom. The second-order valence-electron chi connectivity index (χ2n) is 3.70. The van der Waals surface area contributed by atoms with E-state index in [2.05, 4.69) is 5.32 Å². The summed E-state index contributed by atoms with van der Waals surface area (Å²) in [4.78, 5) is 0.576. The van der Waals surface area contributed by atoms with E-state index in [1.807, 2.05) is 19.1 Å². The van der Waals surface area contributed by atoms with E-state index in [9.17, 15) is 8.78 Å². The van der Waals surface area contributed by atoms with E-state index in [1.165, 1.54) is 0 Å². The van der Waals surface area contributed by atoms with Gasteiger partial charge in [0.25, 0.3) is 5.76 Å². The molecular formula is C12H17F2NOS. The predicted octanol–water partition coefficient (Wildman–Crippen LogP) is 3.84. The fourth-order valence-electron chi connectivity index (χ4n) is 1.42. The van der Waals surface area contributed by atoms with Gasteiger partial charge in [-0.05, 0) is 25.5 Å². The molecule has 0 radical (unpaired) electrons. The molecular weight excluding hydrogens is 244 g/mol. The Hall–Kier alpha value is -0.810. The van der Waals surface area contributed by atoms with Crippen LogP contribution in [-0.4, -0.2) is 25.5 Å². The molecule has 17 heavy (non-hydrogen) atoms. The lowest BCUT2D eigenvalue weighted by Gasteiger charge is -2.17. The molecule has 1 rings (SSSR count). The Labute approximate surface area is 105 Å². The van der Waals surface area contributed by atoms with Crippen molar-refractivity contribution in [2.24, 2.45) is 0 Å². The van der Waals surface area contributed by atoms with Crippen molar-refractivity contribution in [1.82, 2.24) is 0 Å². The number of rotatable bonds is 7. The van der Waals surface area contributed by atoms with Crippen LogP contribution in [0.25, 0.3) is 0 Å². The second kappa shape index (κ2) is 7.50. The molecule has 1 aromatic rings. The second-order valence-corrected chi connectivity index (χ2v) is 4.73. The summed E-state index contributed by atoms with van der Waals surface area (Å²) in [5, 5.41) is 3.22. The molecule has 1 N–H and O–H groups in total. The number of benzene rings is 1.